The second-order valence-electron chi connectivity index (χ2n) is 6.01. The first-order chi connectivity index (χ1) is 11.2. The molecule has 5 heteroatoms. The lowest BCUT2D eigenvalue weighted by Crippen LogP contribution is -2.27. The lowest BCUT2D eigenvalue weighted by atomic mass is 10.1. The van der Waals surface area contributed by atoms with Crippen LogP contribution in [-0.4, -0.2) is 31.6 Å². The van der Waals surface area contributed by atoms with E-state index < -0.39 is 0 Å². The molecule has 0 N–H and O–H groups in total. The maximum absolute atomic E-state index is 12.1. The average molecular weight is 320 g/mol. The van der Waals surface area contributed by atoms with Gasteiger partial charge in [-0.1, -0.05) is 6.07 Å². The number of Topliss-reactive ketones (excluding diaryl/α,β-unsaturated/α-hetero) is 1. The van der Waals surface area contributed by atoms with Crippen LogP contribution in [0.4, 0.5) is 0 Å². The minimum atomic E-state index is -0.289. The molecule has 2 atom stereocenters. The minimum absolute atomic E-state index is 0.0813. The molecule has 5 nitrogen and oxygen atoms in total. The van der Waals surface area contributed by atoms with Crippen LogP contribution in [0.5, 0.6) is 11.5 Å². The van der Waals surface area contributed by atoms with Gasteiger partial charge in [0.2, 0.25) is 0 Å². The van der Waals surface area contributed by atoms with Gasteiger partial charge in [-0.25, -0.2) is 0 Å². The van der Waals surface area contributed by atoms with E-state index >= 15 is 0 Å². The van der Waals surface area contributed by atoms with Crippen molar-refractivity contribution < 1.29 is 23.7 Å². The molecule has 1 aromatic carbocycles. The fourth-order valence-electron chi connectivity index (χ4n) is 2.95. The molecular formula is C18H24O5. The van der Waals surface area contributed by atoms with Gasteiger partial charge in [-0.3, -0.25) is 4.79 Å². The van der Waals surface area contributed by atoms with Gasteiger partial charge >= 0.3 is 0 Å². The normalized spacial score (nSPS) is 24.9. The summed E-state index contributed by atoms with van der Waals surface area (Å²) in [7, 11) is 0. The largest absolute Gasteiger partial charge is 0.464 e. The average Bonchev–Trinajstić information content (AvgIpc) is 2.56. The zero-order valence-electron chi connectivity index (χ0n) is 13.6. The molecule has 2 saturated heterocycles. The molecule has 0 amide bonds. The molecule has 2 unspecified atom stereocenters. The molecule has 0 saturated carbocycles. The van der Waals surface area contributed by atoms with E-state index in [-0.39, 0.29) is 18.4 Å². The Morgan fingerprint density at radius 3 is 1.87 bits per heavy atom. The number of hydrogen-bond acceptors (Lipinski definition) is 5. The summed E-state index contributed by atoms with van der Waals surface area (Å²) in [5, 5.41) is 0. The second kappa shape index (κ2) is 7.79. The van der Waals surface area contributed by atoms with Gasteiger partial charge in [0.15, 0.2) is 18.4 Å². The Bertz CT molecular complexity index is 492. The maximum Gasteiger partial charge on any atom is 0.199 e. The summed E-state index contributed by atoms with van der Waals surface area (Å²) in [4.78, 5) is 12.1. The zero-order valence-corrected chi connectivity index (χ0v) is 13.6. The van der Waals surface area contributed by atoms with Crippen LogP contribution >= 0.6 is 0 Å². The minimum Gasteiger partial charge on any atom is -0.464 e. The van der Waals surface area contributed by atoms with E-state index in [0.29, 0.717) is 30.3 Å². The summed E-state index contributed by atoms with van der Waals surface area (Å²) in [6.45, 7) is 2.93. The van der Waals surface area contributed by atoms with Crippen LogP contribution in [0.1, 0.15) is 55.8 Å². The van der Waals surface area contributed by atoms with Crippen molar-refractivity contribution >= 4 is 5.78 Å². The van der Waals surface area contributed by atoms with Crippen LogP contribution in [0.15, 0.2) is 18.2 Å². The van der Waals surface area contributed by atoms with Crippen LogP contribution in [0.2, 0.25) is 0 Å². The van der Waals surface area contributed by atoms with Gasteiger partial charge in [0.1, 0.15) is 17.1 Å². The highest BCUT2D eigenvalue weighted by molar-refractivity contribution is 5.99. The van der Waals surface area contributed by atoms with E-state index in [1.54, 1.807) is 12.1 Å². The van der Waals surface area contributed by atoms with Gasteiger partial charge in [0, 0.05) is 12.8 Å². The smallest absolute Gasteiger partial charge is 0.199 e. The number of carbonyl (C=O) groups excluding carboxylic acids is 1. The van der Waals surface area contributed by atoms with Crippen molar-refractivity contribution in [3.63, 3.8) is 0 Å². The molecular weight excluding hydrogens is 296 g/mol. The molecule has 0 aromatic heterocycles. The standard InChI is InChI=1S/C18H24O5/c1-13(19)18-14(22-16-9-2-4-11-20-16)7-6-8-15(18)23-17-10-3-5-12-21-17/h6-8,16-17H,2-5,9-12H2,1H3. The van der Waals surface area contributed by atoms with Crippen LogP contribution < -0.4 is 9.47 Å². The van der Waals surface area contributed by atoms with Gasteiger partial charge in [0.25, 0.3) is 0 Å². The fraction of sp³-hybridized carbons (Fsp3) is 0.611. The summed E-state index contributed by atoms with van der Waals surface area (Å²) in [5.74, 6) is 0.970. The number of hydrogen-bond donors (Lipinski definition) is 0. The van der Waals surface area contributed by atoms with Gasteiger partial charge in [-0.05, 0) is 44.7 Å². The van der Waals surface area contributed by atoms with E-state index in [4.69, 9.17) is 18.9 Å². The topological polar surface area (TPSA) is 54.0 Å². The van der Waals surface area contributed by atoms with Crippen LogP contribution in [-0.2, 0) is 9.47 Å². The van der Waals surface area contributed by atoms with E-state index in [1.807, 2.05) is 6.07 Å². The molecule has 0 radical (unpaired) electrons. The van der Waals surface area contributed by atoms with Gasteiger partial charge < -0.3 is 18.9 Å². The number of ketones is 1. The Balaban J connectivity index is 1.78. The summed E-state index contributed by atoms with van der Waals surface area (Å²) in [5.41, 5.74) is 0.468. The Morgan fingerprint density at radius 2 is 1.48 bits per heavy atom. The summed E-state index contributed by atoms with van der Waals surface area (Å²) >= 11 is 0. The molecule has 0 aliphatic carbocycles. The lowest BCUT2D eigenvalue weighted by Gasteiger charge is -2.27. The van der Waals surface area contributed by atoms with Crippen LogP contribution in [0, 0.1) is 0 Å². The molecule has 2 fully saturated rings. The van der Waals surface area contributed by atoms with E-state index in [9.17, 15) is 4.79 Å². The highest BCUT2D eigenvalue weighted by Crippen LogP contribution is 2.32. The van der Waals surface area contributed by atoms with Crippen molar-refractivity contribution in [3.05, 3.63) is 23.8 Å². The van der Waals surface area contributed by atoms with Crippen LogP contribution in [0.25, 0.3) is 0 Å². The lowest BCUT2D eigenvalue weighted by molar-refractivity contribution is -0.109. The number of benzene rings is 1. The third-order valence-corrected chi connectivity index (χ3v) is 4.13. The molecule has 2 heterocycles. The van der Waals surface area contributed by atoms with E-state index in [0.717, 1.165) is 38.5 Å². The van der Waals surface area contributed by atoms with Crippen molar-refractivity contribution in [3.8, 4) is 11.5 Å². The summed E-state index contributed by atoms with van der Waals surface area (Å²) in [6, 6.07) is 5.43. The Morgan fingerprint density at radius 1 is 0.957 bits per heavy atom. The van der Waals surface area contributed by atoms with Crippen molar-refractivity contribution in [2.75, 3.05) is 13.2 Å². The predicted molar refractivity (Wildman–Crippen MR) is 84.9 cm³/mol. The Hall–Kier alpha value is -1.59. The SMILES string of the molecule is CC(=O)c1c(OC2CCCCO2)cccc1OC1CCCCO1. The number of rotatable bonds is 5. The van der Waals surface area contributed by atoms with Crippen molar-refractivity contribution in [1.29, 1.82) is 0 Å². The Labute approximate surface area is 136 Å². The second-order valence-corrected chi connectivity index (χ2v) is 6.01. The first kappa shape index (κ1) is 16.3. The van der Waals surface area contributed by atoms with Crippen molar-refractivity contribution in [2.45, 2.75) is 58.0 Å². The predicted octanol–water partition coefficient (Wildman–Crippen LogP) is 3.70. The van der Waals surface area contributed by atoms with Gasteiger partial charge in [-0.2, -0.15) is 0 Å². The quantitative estimate of drug-likeness (QED) is 0.774. The Kier molecular flexibility index (Phi) is 5.51. The van der Waals surface area contributed by atoms with Gasteiger partial charge in [0.05, 0.1) is 13.2 Å². The fourth-order valence-corrected chi connectivity index (χ4v) is 2.95. The summed E-state index contributed by atoms with van der Waals surface area (Å²) in [6.07, 6.45) is 5.37. The molecule has 3 rings (SSSR count). The van der Waals surface area contributed by atoms with E-state index in [1.165, 1.54) is 6.92 Å². The number of ether oxygens (including phenoxy) is 4. The highest BCUT2D eigenvalue weighted by atomic mass is 16.7. The van der Waals surface area contributed by atoms with Crippen LogP contribution in [0.3, 0.4) is 0 Å². The first-order valence-electron chi connectivity index (χ1n) is 8.44. The molecule has 0 bridgehead atoms. The van der Waals surface area contributed by atoms with E-state index in [2.05, 4.69) is 0 Å². The molecule has 0 spiro atoms. The maximum atomic E-state index is 12.1. The molecule has 126 valence electrons. The van der Waals surface area contributed by atoms with Gasteiger partial charge in [-0.15, -0.1) is 0 Å². The zero-order chi connectivity index (χ0) is 16.1. The third-order valence-electron chi connectivity index (χ3n) is 4.13. The highest BCUT2D eigenvalue weighted by Gasteiger charge is 2.23. The monoisotopic (exact) mass is 320 g/mol. The first-order valence-corrected chi connectivity index (χ1v) is 8.44. The molecule has 23 heavy (non-hydrogen) atoms. The molecule has 2 aliphatic heterocycles. The summed E-state index contributed by atoms with van der Waals surface area (Å²) < 4.78 is 23.0. The molecule has 1 aromatic rings. The molecule has 2 aliphatic rings. The van der Waals surface area contributed by atoms with Crippen molar-refractivity contribution in [1.82, 2.24) is 0 Å². The van der Waals surface area contributed by atoms with Crippen molar-refractivity contribution in [2.24, 2.45) is 0 Å². The third kappa shape index (κ3) is 4.24. The number of carbonyl (C=O) groups is 1.